The Bertz CT molecular complexity index is 797. The number of benzene rings is 2. The molecule has 1 aliphatic heterocycles. The molecule has 128 valence electrons. The molecular weight excluding hydrogens is 308 g/mol. The van der Waals surface area contributed by atoms with E-state index in [-0.39, 0.29) is 0 Å². The largest absolute Gasteiger partial charge is 0.341 e. The summed E-state index contributed by atoms with van der Waals surface area (Å²) in [7, 11) is 2.21. The normalized spacial score (nSPS) is 19.2. The third kappa shape index (κ3) is 3.65. The molecule has 3 aromatic rings. The van der Waals surface area contributed by atoms with Crippen molar-refractivity contribution in [3.05, 3.63) is 78.1 Å². The molecule has 1 aliphatic rings. The van der Waals surface area contributed by atoms with Crippen LogP contribution in [0.5, 0.6) is 0 Å². The SMILES string of the molecule is CN1CCN(Cc2cnc(-c3ccccc3)[nH]2)[C@@H](c2ccccc2)C1. The average Bonchev–Trinajstić information content (AvgIpc) is 3.13. The molecule has 1 fully saturated rings. The second-order valence-electron chi connectivity index (χ2n) is 6.78. The minimum absolute atomic E-state index is 0.420. The summed E-state index contributed by atoms with van der Waals surface area (Å²) in [4.78, 5) is 13.0. The van der Waals surface area contributed by atoms with E-state index in [1.54, 1.807) is 0 Å². The van der Waals surface area contributed by atoms with Crippen LogP contribution in [0.2, 0.25) is 0 Å². The minimum Gasteiger partial charge on any atom is -0.341 e. The van der Waals surface area contributed by atoms with Gasteiger partial charge in [0.05, 0.1) is 0 Å². The van der Waals surface area contributed by atoms with E-state index in [4.69, 9.17) is 0 Å². The molecule has 0 amide bonds. The first kappa shape index (κ1) is 16.1. The fourth-order valence-electron chi connectivity index (χ4n) is 3.54. The van der Waals surface area contributed by atoms with Gasteiger partial charge in [-0.2, -0.15) is 0 Å². The lowest BCUT2D eigenvalue weighted by Gasteiger charge is -2.40. The number of likely N-dealkylation sites (N-methyl/N-ethyl adjacent to an activating group) is 1. The lowest BCUT2D eigenvalue weighted by molar-refractivity contribution is 0.0824. The van der Waals surface area contributed by atoms with Crippen LogP contribution in [0.3, 0.4) is 0 Å². The lowest BCUT2D eigenvalue weighted by atomic mass is 10.0. The molecule has 25 heavy (non-hydrogen) atoms. The number of aromatic amines is 1. The van der Waals surface area contributed by atoms with Gasteiger partial charge in [0.15, 0.2) is 0 Å². The van der Waals surface area contributed by atoms with E-state index in [1.165, 1.54) is 11.3 Å². The number of aromatic nitrogens is 2. The summed E-state index contributed by atoms with van der Waals surface area (Å²) in [6.07, 6.45) is 1.97. The number of nitrogens with zero attached hydrogens (tertiary/aromatic N) is 3. The van der Waals surface area contributed by atoms with Crippen LogP contribution in [0.1, 0.15) is 17.3 Å². The Kier molecular flexibility index (Phi) is 4.63. The van der Waals surface area contributed by atoms with Crippen LogP contribution in [0, 0.1) is 0 Å². The number of hydrogen-bond acceptors (Lipinski definition) is 3. The van der Waals surface area contributed by atoms with Crippen LogP contribution in [-0.4, -0.2) is 46.4 Å². The van der Waals surface area contributed by atoms with Crippen LogP contribution in [0.15, 0.2) is 66.9 Å². The summed E-state index contributed by atoms with van der Waals surface area (Å²) in [5, 5.41) is 0. The van der Waals surface area contributed by atoms with Gasteiger partial charge in [-0.3, -0.25) is 4.90 Å². The standard InChI is InChI=1S/C21H24N4/c1-24-12-13-25(20(16-24)17-8-4-2-5-9-17)15-19-14-22-21(23-19)18-10-6-3-7-11-18/h2-11,14,20H,12-13,15-16H2,1H3,(H,22,23)/t20-/m1/s1. The molecule has 1 N–H and O–H groups in total. The first-order valence-corrected chi connectivity index (χ1v) is 8.86. The van der Waals surface area contributed by atoms with Crippen molar-refractivity contribution in [1.82, 2.24) is 19.8 Å². The second-order valence-corrected chi connectivity index (χ2v) is 6.78. The number of piperazine rings is 1. The topological polar surface area (TPSA) is 35.2 Å². The molecule has 2 aromatic carbocycles. The van der Waals surface area contributed by atoms with Gasteiger partial charge in [0.25, 0.3) is 0 Å². The molecule has 0 saturated carbocycles. The average molecular weight is 332 g/mol. The van der Waals surface area contributed by atoms with Crippen molar-refractivity contribution in [3.63, 3.8) is 0 Å². The zero-order valence-electron chi connectivity index (χ0n) is 14.6. The Morgan fingerprint density at radius 2 is 1.72 bits per heavy atom. The summed E-state index contributed by atoms with van der Waals surface area (Å²) < 4.78 is 0. The minimum atomic E-state index is 0.420. The molecule has 0 aliphatic carbocycles. The van der Waals surface area contributed by atoms with Crippen LogP contribution < -0.4 is 0 Å². The van der Waals surface area contributed by atoms with Crippen molar-refractivity contribution in [2.75, 3.05) is 26.7 Å². The lowest BCUT2D eigenvalue weighted by Crippen LogP contribution is -2.46. The summed E-state index contributed by atoms with van der Waals surface area (Å²) in [6.45, 7) is 4.12. The smallest absolute Gasteiger partial charge is 0.137 e. The van der Waals surface area contributed by atoms with Gasteiger partial charge in [0, 0.05) is 49.7 Å². The first-order chi connectivity index (χ1) is 12.3. The Morgan fingerprint density at radius 1 is 1.00 bits per heavy atom. The first-order valence-electron chi connectivity index (χ1n) is 8.86. The van der Waals surface area contributed by atoms with E-state index in [2.05, 4.69) is 69.3 Å². The number of hydrogen-bond donors (Lipinski definition) is 1. The van der Waals surface area contributed by atoms with E-state index < -0.39 is 0 Å². The molecule has 4 heteroatoms. The molecule has 0 bridgehead atoms. The fraction of sp³-hybridized carbons (Fsp3) is 0.286. The highest BCUT2D eigenvalue weighted by molar-refractivity contribution is 5.54. The Morgan fingerprint density at radius 3 is 2.48 bits per heavy atom. The van der Waals surface area contributed by atoms with E-state index in [0.29, 0.717) is 6.04 Å². The van der Waals surface area contributed by atoms with Gasteiger partial charge in [-0.15, -0.1) is 0 Å². The van der Waals surface area contributed by atoms with Crippen molar-refractivity contribution in [1.29, 1.82) is 0 Å². The molecule has 2 heterocycles. The number of imidazole rings is 1. The number of H-pyrrole nitrogens is 1. The van der Waals surface area contributed by atoms with Crippen LogP contribution in [-0.2, 0) is 6.54 Å². The molecule has 0 spiro atoms. The molecule has 1 saturated heterocycles. The summed E-state index contributed by atoms with van der Waals surface area (Å²) in [5.74, 6) is 0.945. The summed E-state index contributed by atoms with van der Waals surface area (Å²) in [5.41, 5.74) is 3.69. The molecule has 4 nitrogen and oxygen atoms in total. The molecular formula is C21H24N4. The molecule has 4 rings (SSSR count). The van der Waals surface area contributed by atoms with Crippen molar-refractivity contribution in [2.45, 2.75) is 12.6 Å². The maximum absolute atomic E-state index is 4.57. The molecule has 0 radical (unpaired) electrons. The third-order valence-corrected chi connectivity index (χ3v) is 4.93. The Hall–Kier alpha value is -2.43. The van der Waals surface area contributed by atoms with E-state index >= 15 is 0 Å². The van der Waals surface area contributed by atoms with Gasteiger partial charge in [0.2, 0.25) is 0 Å². The second kappa shape index (κ2) is 7.21. The highest BCUT2D eigenvalue weighted by Crippen LogP contribution is 2.26. The van der Waals surface area contributed by atoms with Crippen LogP contribution in [0.4, 0.5) is 0 Å². The highest BCUT2D eigenvalue weighted by atomic mass is 15.3. The molecule has 0 unspecified atom stereocenters. The summed E-state index contributed by atoms with van der Waals surface area (Å²) >= 11 is 0. The van der Waals surface area contributed by atoms with Crippen molar-refractivity contribution in [2.24, 2.45) is 0 Å². The van der Waals surface area contributed by atoms with Gasteiger partial charge in [-0.1, -0.05) is 60.7 Å². The van der Waals surface area contributed by atoms with Gasteiger partial charge < -0.3 is 9.88 Å². The summed E-state index contributed by atoms with van der Waals surface area (Å²) in [6, 6.07) is 21.5. The number of rotatable bonds is 4. The van der Waals surface area contributed by atoms with E-state index in [0.717, 1.165) is 37.6 Å². The van der Waals surface area contributed by atoms with Crippen molar-refractivity contribution >= 4 is 0 Å². The van der Waals surface area contributed by atoms with Crippen molar-refractivity contribution in [3.8, 4) is 11.4 Å². The predicted molar refractivity (Wildman–Crippen MR) is 101 cm³/mol. The van der Waals surface area contributed by atoms with Crippen molar-refractivity contribution < 1.29 is 0 Å². The van der Waals surface area contributed by atoms with Crippen LogP contribution >= 0.6 is 0 Å². The molecule has 1 aromatic heterocycles. The Labute approximate surface area is 149 Å². The van der Waals surface area contributed by atoms with Crippen LogP contribution in [0.25, 0.3) is 11.4 Å². The highest BCUT2D eigenvalue weighted by Gasteiger charge is 2.26. The predicted octanol–water partition coefficient (Wildman–Crippen LogP) is 3.57. The quantitative estimate of drug-likeness (QED) is 0.793. The molecule has 1 atom stereocenters. The van der Waals surface area contributed by atoms with E-state index in [9.17, 15) is 0 Å². The van der Waals surface area contributed by atoms with Gasteiger partial charge in [-0.05, 0) is 12.6 Å². The number of nitrogens with one attached hydrogen (secondary N) is 1. The van der Waals surface area contributed by atoms with E-state index in [1.807, 2.05) is 24.4 Å². The maximum Gasteiger partial charge on any atom is 0.137 e. The maximum atomic E-state index is 4.57. The van der Waals surface area contributed by atoms with Gasteiger partial charge in [0.1, 0.15) is 5.82 Å². The Balaban J connectivity index is 1.53. The zero-order valence-corrected chi connectivity index (χ0v) is 14.6. The monoisotopic (exact) mass is 332 g/mol. The zero-order chi connectivity index (χ0) is 17.1. The fourth-order valence-corrected chi connectivity index (χ4v) is 3.54. The third-order valence-electron chi connectivity index (χ3n) is 4.93. The van der Waals surface area contributed by atoms with Gasteiger partial charge in [-0.25, -0.2) is 4.98 Å². The van der Waals surface area contributed by atoms with Gasteiger partial charge >= 0.3 is 0 Å².